The first kappa shape index (κ1) is 12.8. The molecule has 4 nitrogen and oxygen atoms in total. The van der Waals surface area contributed by atoms with Crippen LogP contribution in [0, 0.1) is 5.92 Å². The molecule has 0 spiro atoms. The van der Waals surface area contributed by atoms with E-state index in [2.05, 4.69) is 10.2 Å². The highest BCUT2D eigenvalue weighted by atomic mass is 16.3. The van der Waals surface area contributed by atoms with Gasteiger partial charge >= 0.3 is 0 Å². The number of hydrogen-bond donors (Lipinski definition) is 2. The Morgan fingerprint density at radius 2 is 1.88 bits per heavy atom. The smallest absolute Gasteiger partial charge is 0.234 e. The number of aliphatic hydroxyl groups is 1. The average Bonchev–Trinajstić information content (AvgIpc) is 3.12. The van der Waals surface area contributed by atoms with Gasteiger partial charge in [0.15, 0.2) is 0 Å². The van der Waals surface area contributed by atoms with Gasteiger partial charge in [-0.25, -0.2) is 0 Å². The summed E-state index contributed by atoms with van der Waals surface area (Å²) in [7, 11) is 2.04. The second kappa shape index (κ2) is 5.83. The molecule has 2 aliphatic carbocycles. The number of carbonyl (C=O) groups is 1. The van der Waals surface area contributed by atoms with Crippen LogP contribution in [0.3, 0.4) is 0 Å². The van der Waals surface area contributed by atoms with Crippen molar-refractivity contribution in [2.75, 3.05) is 20.2 Å². The fourth-order valence-electron chi connectivity index (χ4n) is 2.62. The second-order valence-corrected chi connectivity index (χ2v) is 5.61. The summed E-state index contributed by atoms with van der Waals surface area (Å²) < 4.78 is 0. The molecule has 0 saturated heterocycles. The third kappa shape index (κ3) is 3.96. The highest BCUT2D eigenvalue weighted by Gasteiger charge is 2.27. The predicted octanol–water partition coefficient (Wildman–Crippen LogP) is 0.748. The SMILES string of the molecule is CN(CC(=O)NC1CC1)C1CCC(CO)CC1. The van der Waals surface area contributed by atoms with E-state index in [1.54, 1.807) is 0 Å². The maximum atomic E-state index is 11.7. The van der Waals surface area contributed by atoms with E-state index in [1.807, 2.05) is 7.05 Å². The maximum absolute atomic E-state index is 11.7. The minimum absolute atomic E-state index is 0.166. The summed E-state index contributed by atoms with van der Waals surface area (Å²) >= 11 is 0. The van der Waals surface area contributed by atoms with Crippen LogP contribution >= 0.6 is 0 Å². The van der Waals surface area contributed by atoms with Gasteiger partial charge in [0.25, 0.3) is 0 Å². The number of rotatable bonds is 5. The molecule has 17 heavy (non-hydrogen) atoms. The van der Waals surface area contributed by atoms with E-state index < -0.39 is 0 Å². The van der Waals surface area contributed by atoms with Crippen LogP contribution in [0.4, 0.5) is 0 Å². The number of likely N-dealkylation sites (N-methyl/N-ethyl adjacent to an activating group) is 1. The van der Waals surface area contributed by atoms with Crippen LogP contribution in [-0.4, -0.2) is 48.2 Å². The second-order valence-electron chi connectivity index (χ2n) is 5.61. The quantitative estimate of drug-likeness (QED) is 0.745. The molecule has 4 heteroatoms. The van der Waals surface area contributed by atoms with Crippen LogP contribution in [0.2, 0.25) is 0 Å². The number of carbonyl (C=O) groups excluding carboxylic acids is 1. The zero-order valence-electron chi connectivity index (χ0n) is 10.7. The van der Waals surface area contributed by atoms with Gasteiger partial charge in [-0.15, -0.1) is 0 Å². The van der Waals surface area contributed by atoms with Crippen molar-refractivity contribution in [1.82, 2.24) is 10.2 Å². The van der Waals surface area contributed by atoms with E-state index in [1.165, 1.54) is 0 Å². The molecule has 0 aromatic carbocycles. The number of aliphatic hydroxyl groups excluding tert-OH is 1. The monoisotopic (exact) mass is 240 g/mol. The van der Waals surface area contributed by atoms with E-state index in [0.717, 1.165) is 38.5 Å². The van der Waals surface area contributed by atoms with Gasteiger partial charge in [-0.2, -0.15) is 0 Å². The molecule has 0 unspecified atom stereocenters. The largest absolute Gasteiger partial charge is 0.396 e. The molecule has 2 N–H and O–H groups in total. The Kier molecular flexibility index (Phi) is 4.40. The van der Waals surface area contributed by atoms with Crippen molar-refractivity contribution in [2.45, 2.75) is 50.6 Å². The molecule has 0 aromatic heterocycles. The van der Waals surface area contributed by atoms with Gasteiger partial charge in [0.05, 0.1) is 6.54 Å². The van der Waals surface area contributed by atoms with Gasteiger partial charge in [-0.3, -0.25) is 9.69 Å². The van der Waals surface area contributed by atoms with E-state index in [9.17, 15) is 4.79 Å². The molecule has 0 bridgehead atoms. The lowest BCUT2D eigenvalue weighted by Crippen LogP contribution is -2.42. The molecule has 0 heterocycles. The Hall–Kier alpha value is -0.610. The summed E-state index contributed by atoms with van der Waals surface area (Å²) in [6.07, 6.45) is 6.70. The van der Waals surface area contributed by atoms with Crippen molar-refractivity contribution in [3.05, 3.63) is 0 Å². The number of hydrogen-bond acceptors (Lipinski definition) is 3. The number of nitrogens with one attached hydrogen (secondary N) is 1. The Bertz CT molecular complexity index is 258. The molecule has 2 saturated carbocycles. The zero-order valence-corrected chi connectivity index (χ0v) is 10.7. The molecule has 0 aromatic rings. The van der Waals surface area contributed by atoms with Crippen molar-refractivity contribution < 1.29 is 9.90 Å². The molecule has 1 amide bonds. The van der Waals surface area contributed by atoms with Crippen molar-refractivity contribution in [3.8, 4) is 0 Å². The first-order valence-corrected chi connectivity index (χ1v) is 6.79. The molecular formula is C13H24N2O2. The summed E-state index contributed by atoms with van der Waals surface area (Å²) in [4.78, 5) is 13.8. The number of amides is 1. The van der Waals surface area contributed by atoms with Crippen LogP contribution in [0.25, 0.3) is 0 Å². The standard InChI is InChI=1S/C13H24N2O2/c1-15(8-13(17)14-11-4-5-11)12-6-2-10(9-16)3-7-12/h10-12,16H,2-9H2,1H3,(H,14,17). The summed E-state index contributed by atoms with van der Waals surface area (Å²) in [6.45, 7) is 0.837. The van der Waals surface area contributed by atoms with Gasteiger partial charge in [0, 0.05) is 18.7 Å². The molecule has 2 aliphatic rings. The van der Waals surface area contributed by atoms with Crippen molar-refractivity contribution in [3.63, 3.8) is 0 Å². The molecule has 0 radical (unpaired) electrons. The Balaban J connectivity index is 1.68. The van der Waals surface area contributed by atoms with Gasteiger partial charge in [0.2, 0.25) is 5.91 Å². The fraction of sp³-hybridized carbons (Fsp3) is 0.923. The zero-order chi connectivity index (χ0) is 12.3. The normalized spacial score (nSPS) is 29.4. The van der Waals surface area contributed by atoms with Crippen LogP contribution in [-0.2, 0) is 4.79 Å². The minimum atomic E-state index is 0.166. The Morgan fingerprint density at radius 3 is 2.41 bits per heavy atom. The van der Waals surface area contributed by atoms with E-state index in [0.29, 0.717) is 31.2 Å². The van der Waals surface area contributed by atoms with Gasteiger partial charge in [-0.05, 0) is 51.5 Å². The van der Waals surface area contributed by atoms with Crippen LogP contribution in [0.15, 0.2) is 0 Å². The predicted molar refractivity (Wildman–Crippen MR) is 66.6 cm³/mol. The lowest BCUT2D eigenvalue weighted by molar-refractivity contribution is -0.122. The van der Waals surface area contributed by atoms with Crippen molar-refractivity contribution in [1.29, 1.82) is 0 Å². The first-order chi connectivity index (χ1) is 8.19. The van der Waals surface area contributed by atoms with E-state index >= 15 is 0 Å². The van der Waals surface area contributed by atoms with Gasteiger partial charge < -0.3 is 10.4 Å². The molecule has 2 rings (SSSR count). The Morgan fingerprint density at radius 1 is 1.24 bits per heavy atom. The lowest BCUT2D eigenvalue weighted by atomic mass is 9.86. The molecule has 0 aliphatic heterocycles. The van der Waals surface area contributed by atoms with Crippen LogP contribution in [0.1, 0.15) is 38.5 Å². The average molecular weight is 240 g/mol. The van der Waals surface area contributed by atoms with Crippen LogP contribution < -0.4 is 5.32 Å². The maximum Gasteiger partial charge on any atom is 0.234 e. The van der Waals surface area contributed by atoms with Gasteiger partial charge in [0.1, 0.15) is 0 Å². The lowest BCUT2D eigenvalue weighted by Gasteiger charge is -2.33. The highest BCUT2D eigenvalue weighted by molar-refractivity contribution is 5.78. The third-order valence-corrected chi connectivity index (χ3v) is 4.03. The minimum Gasteiger partial charge on any atom is -0.396 e. The highest BCUT2D eigenvalue weighted by Crippen LogP contribution is 2.26. The Labute approximate surface area is 103 Å². The number of nitrogens with zero attached hydrogens (tertiary/aromatic N) is 1. The molecule has 0 atom stereocenters. The molecular weight excluding hydrogens is 216 g/mol. The first-order valence-electron chi connectivity index (χ1n) is 6.79. The fourth-order valence-corrected chi connectivity index (χ4v) is 2.62. The summed E-state index contributed by atoms with van der Waals surface area (Å²) in [5.41, 5.74) is 0. The summed E-state index contributed by atoms with van der Waals surface area (Å²) in [6, 6.07) is 0.976. The van der Waals surface area contributed by atoms with Gasteiger partial charge in [-0.1, -0.05) is 0 Å². The third-order valence-electron chi connectivity index (χ3n) is 4.03. The summed E-state index contributed by atoms with van der Waals surface area (Å²) in [5.74, 6) is 0.652. The van der Waals surface area contributed by atoms with Crippen LogP contribution in [0.5, 0.6) is 0 Å². The molecule has 2 fully saturated rings. The van der Waals surface area contributed by atoms with E-state index in [-0.39, 0.29) is 5.91 Å². The van der Waals surface area contributed by atoms with E-state index in [4.69, 9.17) is 5.11 Å². The summed E-state index contributed by atoms with van der Waals surface area (Å²) in [5, 5.41) is 12.1. The molecule has 98 valence electrons. The van der Waals surface area contributed by atoms with Crippen molar-refractivity contribution in [2.24, 2.45) is 5.92 Å². The topological polar surface area (TPSA) is 52.6 Å². The van der Waals surface area contributed by atoms with Crippen molar-refractivity contribution >= 4 is 5.91 Å².